The maximum Gasteiger partial charge on any atom is 0.270 e. The minimum absolute atomic E-state index is 0.0394. The molecule has 1 amide bonds. The van der Waals surface area contributed by atoms with E-state index in [0.717, 1.165) is 16.3 Å². The van der Waals surface area contributed by atoms with E-state index < -0.39 is 4.92 Å². The van der Waals surface area contributed by atoms with Crippen LogP contribution in [0.3, 0.4) is 0 Å². The largest absolute Gasteiger partial charge is 0.321 e. The number of aryl methyl sites for hydroxylation is 2. The van der Waals surface area contributed by atoms with E-state index in [4.69, 9.17) is 0 Å². The summed E-state index contributed by atoms with van der Waals surface area (Å²) in [5.41, 5.74) is 2.70. The Morgan fingerprint density at radius 3 is 2.56 bits per heavy atom. The number of anilines is 1. The highest BCUT2D eigenvalue weighted by Gasteiger charge is 2.17. The molecule has 0 fully saturated rings. The summed E-state index contributed by atoms with van der Waals surface area (Å²) in [6.07, 6.45) is 0.591. The van der Waals surface area contributed by atoms with Gasteiger partial charge >= 0.3 is 0 Å². The fourth-order valence-corrected chi connectivity index (χ4v) is 3.01. The lowest BCUT2D eigenvalue weighted by molar-refractivity contribution is -0.384. The first kappa shape index (κ1) is 16.6. The van der Waals surface area contributed by atoms with Crippen LogP contribution in [0.5, 0.6) is 0 Å². The molecule has 3 rings (SSSR count). The highest BCUT2D eigenvalue weighted by Crippen LogP contribution is 2.28. The van der Waals surface area contributed by atoms with E-state index >= 15 is 0 Å². The summed E-state index contributed by atoms with van der Waals surface area (Å²) in [6.45, 7) is 3.68. The van der Waals surface area contributed by atoms with Crippen LogP contribution in [-0.4, -0.2) is 10.8 Å². The summed E-state index contributed by atoms with van der Waals surface area (Å²) >= 11 is 0. The number of benzene rings is 3. The van der Waals surface area contributed by atoms with E-state index in [9.17, 15) is 14.9 Å². The fourth-order valence-electron chi connectivity index (χ4n) is 3.01. The van der Waals surface area contributed by atoms with Crippen LogP contribution in [0, 0.1) is 17.0 Å². The van der Waals surface area contributed by atoms with Crippen molar-refractivity contribution in [3.05, 3.63) is 81.4 Å². The summed E-state index contributed by atoms with van der Waals surface area (Å²) in [4.78, 5) is 23.4. The smallest absolute Gasteiger partial charge is 0.270 e. The van der Waals surface area contributed by atoms with E-state index in [1.54, 1.807) is 13.0 Å². The van der Waals surface area contributed by atoms with Gasteiger partial charge < -0.3 is 5.32 Å². The molecule has 0 aromatic heterocycles. The van der Waals surface area contributed by atoms with Gasteiger partial charge in [0.15, 0.2) is 0 Å². The molecule has 25 heavy (non-hydrogen) atoms. The number of nitro benzene ring substituents is 1. The van der Waals surface area contributed by atoms with Crippen LogP contribution in [0.15, 0.2) is 54.6 Å². The molecule has 0 aliphatic heterocycles. The molecular weight excluding hydrogens is 316 g/mol. The van der Waals surface area contributed by atoms with Crippen LogP contribution in [-0.2, 0) is 6.42 Å². The van der Waals surface area contributed by atoms with Crippen molar-refractivity contribution in [1.82, 2.24) is 0 Å². The molecule has 0 aliphatic rings. The van der Waals surface area contributed by atoms with Gasteiger partial charge in [-0.05, 0) is 41.3 Å². The molecule has 126 valence electrons. The molecule has 0 radical (unpaired) electrons. The van der Waals surface area contributed by atoms with Crippen molar-refractivity contribution >= 4 is 28.1 Å². The Morgan fingerprint density at radius 1 is 1.12 bits per heavy atom. The van der Waals surface area contributed by atoms with Gasteiger partial charge in [-0.1, -0.05) is 43.3 Å². The van der Waals surface area contributed by atoms with Crippen LogP contribution in [0.1, 0.15) is 28.4 Å². The number of hydrogen-bond donors (Lipinski definition) is 1. The summed E-state index contributed by atoms with van der Waals surface area (Å²) in [7, 11) is 0. The Labute approximate surface area is 145 Å². The third-order valence-corrected chi connectivity index (χ3v) is 4.27. The lowest BCUT2D eigenvalue weighted by atomic mass is 10.0. The number of amides is 1. The molecule has 0 atom stereocenters. The SMILES string of the molecule is CCc1cc([N+](=O)[O-])cc(C)c1NC(=O)c1cccc2ccccc12. The van der Waals surface area contributed by atoms with Crippen molar-refractivity contribution in [2.45, 2.75) is 20.3 Å². The van der Waals surface area contributed by atoms with Gasteiger partial charge in [-0.3, -0.25) is 14.9 Å². The van der Waals surface area contributed by atoms with Crippen molar-refractivity contribution in [2.75, 3.05) is 5.32 Å². The van der Waals surface area contributed by atoms with Crippen molar-refractivity contribution in [1.29, 1.82) is 0 Å². The maximum atomic E-state index is 12.8. The third kappa shape index (κ3) is 3.21. The molecular formula is C20H18N2O3. The molecule has 3 aromatic rings. The highest BCUT2D eigenvalue weighted by molar-refractivity contribution is 6.13. The standard InChI is InChI=1S/C20H18N2O3/c1-3-14-12-16(22(24)25)11-13(2)19(14)21-20(23)18-10-6-8-15-7-4-5-9-17(15)18/h4-12H,3H2,1-2H3,(H,21,23). The number of fused-ring (bicyclic) bond motifs is 1. The van der Waals surface area contributed by atoms with Gasteiger partial charge in [0.05, 0.1) is 4.92 Å². The Morgan fingerprint density at radius 2 is 1.84 bits per heavy atom. The summed E-state index contributed by atoms with van der Waals surface area (Å²) in [6, 6.07) is 16.3. The topological polar surface area (TPSA) is 72.2 Å². The van der Waals surface area contributed by atoms with Gasteiger partial charge in [-0.25, -0.2) is 0 Å². The van der Waals surface area contributed by atoms with E-state index in [0.29, 0.717) is 23.2 Å². The molecule has 0 heterocycles. The zero-order valence-electron chi connectivity index (χ0n) is 14.1. The fraction of sp³-hybridized carbons (Fsp3) is 0.150. The number of nitro groups is 1. The lowest BCUT2D eigenvalue weighted by Gasteiger charge is -2.14. The molecule has 0 saturated heterocycles. The lowest BCUT2D eigenvalue weighted by Crippen LogP contribution is -2.15. The monoisotopic (exact) mass is 334 g/mol. The summed E-state index contributed by atoms with van der Waals surface area (Å²) < 4.78 is 0. The number of hydrogen-bond acceptors (Lipinski definition) is 3. The van der Waals surface area contributed by atoms with Crippen molar-refractivity contribution in [2.24, 2.45) is 0 Å². The highest BCUT2D eigenvalue weighted by atomic mass is 16.6. The number of rotatable bonds is 4. The number of nitrogens with one attached hydrogen (secondary N) is 1. The van der Waals surface area contributed by atoms with E-state index in [-0.39, 0.29) is 11.6 Å². The van der Waals surface area contributed by atoms with Gasteiger partial charge in [-0.15, -0.1) is 0 Å². The first-order valence-electron chi connectivity index (χ1n) is 8.08. The van der Waals surface area contributed by atoms with Crippen LogP contribution < -0.4 is 5.32 Å². The summed E-state index contributed by atoms with van der Waals surface area (Å²) in [5, 5.41) is 15.9. The third-order valence-electron chi connectivity index (χ3n) is 4.27. The summed E-state index contributed by atoms with van der Waals surface area (Å²) in [5.74, 6) is -0.219. The minimum atomic E-state index is -0.414. The van der Waals surface area contributed by atoms with Gasteiger partial charge in [0.2, 0.25) is 0 Å². The molecule has 5 heteroatoms. The zero-order valence-corrected chi connectivity index (χ0v) is 14.1. The van der Waals surface area contributed by atoms with E-state index in [1.807, 2.05) is 43.3 Å². The average molecular weight is 334 g/mol. The Kier molecular flexibility index (Phi) is 4.48. The molecule has 0 unspecified atom stereocenters. The van der Waals surface area contributed by atoms with Gasteiger partial charge in [0.25, 0.3) is 11.6 Å². The van der Waals surface area contributed by atoms with Crippen molar-refractivity contribution in [3.8, 4) is 0 Å². The first-order chi connectivity index (χ1) is 12.0. The van der Waals surface area contributed by atoms with Gasteiger partial charge in [-0.2, -0.15) is 0 Å². The zero-order chi connectivity index (χ0) is 18.0. The average Bonchev–Trinajstić information content (AvgIpc) is 2.62. The second-order valence-corrected chi connectivity index (χ2v) is 5.89. The van der Waals surface area contributed by atoms with Crippen LogP contribution in [0.4, 0.5) is 11.4 Å². The van der Waals surface area contributed by atoms with E-state index in [2.05, 4.69) is 5.32 Å². The number of carbonyl (C=O) groups is 1. The van der Waals surface area contributed by atoms with Crippen LogP contribution >= 0.6 is 0 Å². The molecule has 0 spiro atoms. The molecule has 0 bridgehead atoms. The number of carbonyl (C=O) groups excluding carboxylic acids is 1. The molecule has 5 nitrogen and oxygen atoms in total. The van der Waals surface area contributed by atoms with Gasteiger partial charge in [0.1, 0.15) is 0 Å². The maximum absolute atomic E-state index is 12.8. The first-order valence-corrected chi connectivity index (χ1v) is 8.08. The van der Waals surface area contributed by atoms with Crippen molar-refractivity contribution in [3.63, 3.8) is 0 Å². The van der Waals surface area contributed by atoms with E-state index in [1.165, 1.54) is 12.1 Å². The Bertz CT molecular complexity index is 975. The molecule has 0 aliphatic carbocycles. The number of non-ortho nitro benzene ring substituents is 1. The Hall–Kier alpha value is -3.21. The predicted molar refractivity (Wildman–Crippen MR) is 99.1 cm³/mol. The molecule has 1 N–H and O–H groups in total. The molecule has 3 aromatic carbocycles. The normalized spacial score (nSPS) is 10.6. The predicted octanol–water partition coefficient (Wildman–Crippen LogP) is 4.87. The van der Waals surface area contributed by atoms with Gasteiger partial charge in [0, 0.05) is 23.4 Å². The minimum Gasteiger partial charge on any atom is -0.321 e. The van der Waals surface area contributed by atoms with Crippen LogP contribution in [0.25, 0.3) is 10.8 Å². The second kappa shape index (κ2) is 6.73. The van der Waals surface area contributed by atoms with Crippen LogP contribution in [0.2, 0.25) is 0 Å². The quantitative estimate of drug-likeness (QED) is 0.546. The molecule has 0 saturated carbocycles. The Balaban J connectivity index is 2.02. The van der Waals surface area contributed by atoms with Crippen molar-refractivity contribution < 1.29 is 9.72 Å². The number of nitrogens with zero attached hydrogens (tertiary/aromatic N) is 1. The second-order valence-electron chi connectivity index (χ2n) is 5.89.